The Labute approximate surface area is 149 Å². The normalized spacial score (nSPS) is 10.8. The molecule has 5 heteroatoms. The van der Waals surface area contributed by atoms with Gasteiger partial charge in [0.25, 0.3) is 5.91 Å². The Balaban J connectivity index is 1.60. The predicted molar refractivity (Wildman–Crippen MR) is 98.9 cm³/mol. The minimum absolute atomic E-state index is 0.234. The zero-order chi connectivity index (χ0) is 17.2. The topological polar surface area (TPSA) is 55.1 Å². The van der Waals surface area contributed by atoms with Crippen LogP contribution in [0.5, 0.6) is 0 Å². The molecule has 0 unspecified atom stereocenters. The van der Waals surface area contributed by atoms with Gasteiger partial charge in [-0.2, -0.15) is 0 Å². The number of hydrogen-bond acceptors (Lipinski definition) is 3. The van der Waals surface area contributed by atoms with Gasteiger partial charge in [-0.1, -0.05) is 29.8 Å². The lowest BCUT2D eigenvalue weighted by atomic mass is 10.2. The van der Waals surface area contributed by atoms with Gasteiger partial charge in [-0.05, 0) is 48.5 Å². The fourth-order valence-electron chi connectivity index (χ4n) is 2.62. The van der Waals surface area contributed by atoms with Crippen molar-refractivity contribution in [2.24, 2.45) is 0 Å². The summed E-state index contributed by atoms with van der Waals surface area (Å²) in [7, 11) is 0. The maximum Gasteiger partial charge on any atom is 0.291 e. The molecule has 0 saturated heterocycles. The van der Waals surface area contributed by atoms with Crippen LogP contribution in [0.3, 0.4) is 0 Å². The van der Waals surface area contributed by atoms with Gasteiger partial charge in [0.15, 0.2) is 5.76 Å². The number of aromatic nitrogens is 1. The fraction of sp³-hybridized carbons (Fsp3) is 0. The van der Waals surface area contributed by atoms with Crippen LogP contribution in [0.4, 0.5) is 5.69 Å². The van der Waals surface area contributed by atoms with E-state index in [0.717, 1.165) is 16.5 Å². The second-order valence-electron chi connectivity index (χ2n) is 5.51. The lowest BCUT2D eigenvalue weighted by molar-refractivity contribution is 0.0997. The Morgan fingerprint density at radius 2 is 1.76 bits per heavy atom. The molecule has 0 spiro atoms. The minimum atomic E-state index is -0.321. The first-order valence-corrected chi connectivity index (χ1v) is 8.09. The van der Waals surface area contributed by atoms with Crippen LogP contribution in [0.15, 0.2) is 77.3 Å². The molecule has 2 aromatic carbocycles. The molecule has 0 bridgehead atoms. The van der Waals surface area contributed by atoms with Crippen LogP contribution in [0.1, 0.15) is 10.6 Å². The van der Waals surface area contributed by atoms with E-state index in [9.17, 15) is 4.79 Å². The Bertz CT molecular complexity index is 1050. The summed E-state index contributed by atoms with van der Waals surface area (Å²) in [6.45, 7) is 0. The molecule has 1 amide bonds. The molecule has 4 nitrogen and oxygen atoms in total. The van der Waals surface area contributed by atoms with E-state index in [2.05, 4.69) is 10.3 Å². The summed E-state index contributed by atoms with van der Waals surface area (Å²) in [5.74, 6) is 0.522. The second-order valence-corrected chi connectivity index (χ2v) is 5.94. The molecule has 2 aromatic heterocycles. The number of para-hydroxylation sites is 1. The number of furan rings is 1. The first-order chi connectivity index (χ1) is 12.2. The summed E-state index contributed by atoms with van der Waals surface area (Å²) >= 11 is 5.89. The summed E-state index contributed by atoms with van der Waals surface area (Å²) < 4.78 is 5.68. The number of nitrogens with one attached hydrogen (secondary N) is 1. The van der Waals surface area contributed by atoms with Crippen molar-refractivity contribution >= 4 is 34.1 Å². The Morgan fingerprint density at radius 1 is 0.960 bits per heavy atom. The zero-order valence-electron chi connectivity index (χ0n) is 13.1. The molecule has 2 heterocycles. The maximum absolute atomic E-state index is 12.5. The molecular weight excluding hydrogens is 336 g/mol. The largest absolute Gasteiger partial charge is 0.451 e. The van der Waals surface area contributed by atoms with E-state index in [0.29, 0.717) is 16.5 Å². The van der Waals surface area contributed by atoms with Crippen LogP contribution in [0.25, 0.3) is 22.2 Å². The van der Waals surface area contributed by atoms with Crippen molar-refractivity contribution in [3.63, 3.8) is 0 Å². The summed E-state index contributed by atoms with van der Waals surface area (Å²) in [6, 6.07) is 20.1. The lowest BCUT2D eigenvalue weighted by Gasteiger charge is -2.06. The van der Waals surface area contributed by atoms with Gasteiger partial charge >= 0.3 is 0 Å². The third kappa shape index (κ3) is 3.12. The van der Waals surface area contributed by atoms with Crippen LogP contribution < -0.4 is 5.32 Å². The first kappa shape index (κ1) is 15.4. The van der Waals surface area contributed by atoms with E-state index in [1.165, 1.54) is 0 Å². The number of hydrogen-bond donors (Lipinski definition) is 1. The number of carbonyl (C=O) groups is 1. The number of carbonyl (C=O) groups excluding carboxylic acids is 1. The van der Waals surface area contributed by atoms with E-state index in [4.69, 9.17) is 16.0 Å². The van der Waals surface area contributed by atoms with Gasteiger partial charge in [-0.25, -0.2) is 0 Å². The lowest BCUT2D eigenvalue weighted by Crippen LogP contribution is -2.11. The SMILES string of the molecule is O=C(Nc1cccc2cccnc12)c1ccc(-c2ccc(Cl)cc2)o1. The smallest absolute Gasteiger partial charge is 0.291 e. The van der Waals surface area contributed by atoms with Gasteiger partial charge in [0.2, 0.25) is 0 Å². The number of rotatable bonds is 3. The number of fused-ring (bicyclic) bond motifs is 1. The Kier molecular flexibility index (Phi) is 3.96. The number of pyridine rings is 1. The van der Waals surface area contributed by atoms with Crippen molar-refractivity contribution in [3.8, 4) is 11.3 Å². The van der Waals surface area contributed by atoms with Crippen molar-refractivity contribution in [2.45, 2.75) is 0 Å². The third-order valence-electron chi connectivity index (χ3n) is 3.84. The summed E-state index contributed by atoms with van der Waals surface area (Å²) in [6.07, 6.45) is 1.70. The van der Waals surface area contributed by atoms with Crippen LogP contribution in [0, 0.1) is 0 Å². The van der Waals surface area contributed by atoms with Gasteiger partial charge in [0.05, 0.1) is 11.2 Å². The number of amides is 1. The molecule has 0 aliphatic rings. The quantitative estimate of drug-likeness (QED) is 0.539. The summed E-state index contributed by atoms with van der Waals surface area (Å²) in [4.78, 5) is 16.8. The molecule has 0 saturated carbocycles. The van der Waals surface area contributed by atoms with E-state index < -0.39 is 0 Å². The number of nitrogens with zero attached hydrogens (tertiary/aromatic N) is 1. The van der Waals surface area contributed by atoms with E-state index in [-0.39, 0.29) is 11.7 Å². The standard InChI is InChI=1S/C20H13ClN2O2/c21-15-8-6-13(7-9-15)17-10-11-18(25-17)20(24)23-16-5-1-3-14-4-2-12-22-19(14)16/h1-12H,(H,23,24). The highest BCUT2D eigenvalue weighted by molar-refractivity contribution is 6.30. The third-order valence-corrected chi connectivity index (χ3v) is 4.09. The maximum atomic E-state index is 12.5. The monoisotopic (exact) mass is 348 g/mol. The molecule has 0 aliphatic heterocycles. The minimum Gasteiger partial charge on any atom is -0.451 e. The summed E-state index contributed by atoms with van der Waals surface area (Å²) in [5.41, 5.74) is 2.24. The molecule has 0 atom stereocenters. The molecule has 1 N–H and O–H groups in total. The number of halogens is 1. The van der Waals surface area contributed by atoms with Crippen LogP contribution >= 0.6 is 11.6 Å². The second kappa shape index (κ2) is 6.42. The predicted octanol–water partition coefficient (Wildman–Crippen LogP) is 5.40. The van der Waals surface area contributed by atoms with E-state index in [1.807, 2.05) is 42.5 Å². The Hall–Kier alpha value is -3.11. The van der Waals surface area contributed by atoms with Gasteiger partial charge in [0.1, 0.15) is 5.76 Å². The van der Waals surface area contributed by atoms with Crippen molar-refractivity contribution < 1.29 is 9.21 Å². The highest BCUT2D eigenvalue weighted by Crippen LogP contribution is 2.25. The highest BCUT2D eigenvalue weighted by atomic mass is 35.5. The molecule has 122 valence electrons. The average Bonchev–Trinajstić information content (AvgIpc) is 3.13. The molecular formula is C20H13ClN2O2. The van der Waals surface area contributed by atoms with Gasteiger partial charge in [0, 0.05) is 22.2 Å². The molecule has 4 aromatic rings. The van der Waals surface area contributed by atoms with Crippen LogP contribution in [-0.2, 0) is 0 Å². The highest BCUT2D eigenvalue weighted by Gasteiger charge is 2.14. The number of anilines is 1. The molecule has 0 fully saturated rings. The Morgan fingerprint density at radius 3 is 2.60 bits per heavy atom. The van der Waals surface area contributed by atoms with E-state index >= 15 is 0 Å². The van der Waals surface area contributed by atoms with Gasteiger partial charge < -0.3 is 9.73 Å². The molecule has 4 rings (SSSR count). The van der Waals surface area contributed by atoms with E-state index in [1.54, 1.807) is 30.5 Å². The molecule has 0 aliphatic carbocycles. The van der Waals surface area contributed by atoms with Crippen LogP contribution in [-0.4, -0.2) is 10.9 Å². The number of benzene rings is 2. The average molecular weight is 349 g/mol. The van der Waals surface area contributed by atoms with Crippen molar-refractivity contribution in [1.82, 2.24) is 4.98 Å². The summed E-state index contributed by atoms with van der Waals surface area (Å²) in [5, 5.41) is 4.47. The molecule has 25 heavy (non-hydrogen) atoms. The van der Waals surface area contributed by atoms with Crippen molar-refractivity contribution in [3.05, 3.63) is 83.7 Å². The van der Waals surface area contributed by atoms with Crippen molar-refractivity contribution in [1.29, 1.82) is 0 Å². The zero-order valence-corrected chi connectivity index (χ0v) is 13.8. The fourth-order valence-corrected chi connectivity index (χ4v) is 2.74. The molecule has 0 radical (unpaired) electrons. The van der Waals surface area contributed by atoms with Gasteiger partial charge in [-0.15, -0.1) is 0 Å². The van der Waals surface area contributed by atoms with Crippen molar-refractivity contribution in [2.75, 3.05) is 5.32 Å². The van der Waals surface area contributed by atoms with Gasteiger partial charge in [-0.3, -0.25) is 9.78 Å². The first-order valence-electron chi connectivity index (χ1n) is 7.71. The van der Waals surface area contributed by atoms with Crippen LogP contribution in [0.2, 0.25) is 5.02 Å².